The van der Waals surface area contributed by atoms with Crippen LogP contribution in [0.25, 0.3) is 6.08 Å². The van der Waals surface area contributed by atoms with Crippen molar-refractivity contribution in [3.63, 3.8) is 0 Å². The molecule has 0 atom stereocenters. The van der Waals surface area contributed by atoms with E-state index in [2.05, 4.69) is 10.6 Å². The smallest absolute Gasteiger partial charge is 0.491 e. The molecule has 0 aliphatic carbocycles. The van der Waals surface area contributed by atoms with Crippen LogP contribution in [0.5, 0.6) is 11.5 Å². The molecule has 1 fully saturated rings. The number of carbonyl (C=O) groups excluding carboxylic acids is 1. The molecule has 0 spiro atoms. The summed E-state index contributed by atoms with van der Waals surface area (Å²) < 4.78 is 39.8. The molecule has 1 saturated heterocycles. The third-order valence-electron chi connectivity index (χ3n) is 5.69. The van der Waals surface area contributed by atoms with Gasteiger partial charge in [0.05, 0.1) is 26.0 Å². The first kappa shape index (κ1) is 30.2. The number of ether oxygens (including phenoxy) is 2. The lowest BCUT2D eigenvalue weighted by atomic mass is 10.1. The molecule has 39 heavy (non-hydrogen) atoms. The van der Waals surface area contributed by atoms with Gasteiger partial charge in [-0.25, -0.2) is 4.57 Å². The largest absolute Gasteiger partial charge is 0.529 e. The van der Waals surface area contributed by atoms with Gasteiger partial charge >= 0.3 is 7.82 Å². The lowest BCUT2D eigenvalue weighted by Crippen LogP contribution is -2.34. The van der Waals surface area contributed by atoms with Crippen molar-refractivity contribution in [2.75, 3.05) is 39.5 Å². The fraction of sp³-hybridized carbons (Fsp3) is 0.407. The van der Waals surface area contributed by atoms with Crippen molar-refractivity contribution in [1.82, 2.24) is 10.6 Å². The van der Waals surface area contributed by atoms with Crippen molar-refractivity contribution in [2.45, 2.75) is 32.8 Å². The first-order valence-electron chi connectivity index (χ1n) is 12.9. The number of nitrogens with two attached hydrogens (primary N) is 1. The number of nitrogens with one attached hydrogen (secondary N) is 3. The summed E-state index contributed by atoms with van der Waals surface area (Å²) in [5, 5.41) is 13.8. The Balaban J connectivity index is 1.55. The molecule has 5 N–H and O–H groups in total. The zero-order valence-electron chi connectivity index (χ0n) is 22.3. The molecular formula is C27H37N4O7P. The molecule has 0 unspecified atom stereocenters. The number of phosphoric acid groups is 1. The van der Waals surface area contributed by atoms with Crippen molar-refractivity contribution < 1.29 is 32.4 Å². The van der Waals surface area contributed by atoms with E-state index in [9.17, 15) is 9.36 Å². The second-order valence-electron chi connectivity index (χ2n) is 8.55. The topological polar surface area (TPSA) is 154 Å². The van der Waals surface area contributed by atoms with Gasteiger partial charge in [0.15, 0.2) is 0 Å². The first-order chi connectivity index (χ1) is 18.8. The number of hydrogen-bond donors (Lipinski definition) is 4. The van der Waals surface area contributed by atoms with Crippen LogP contribution in [-0.2, 0) is 18.1 Å². The average molecular weight is 561 g/mol. The van der Waals surface area contributed by atoms with Crippen molar-refractivity contribution in [3.05, 3.63) is 65.4 Å². The molecule has 3 rings (SSSR count). The predicted octanol–water partition coefficient (Wildman–Crippen LogP) is 4.08. The molecule has 2 aromatic carbocycles. The second-order valence-corrected chi connectivity index (χ2v) is 10.2. The Kier molecular flexibility index (Phi) is 11.8. The molecular weight excluding hydrogens is 523 g/mol. The van der Waals surface area contributed by atoms with Gasteiger partial charge in [0.2, 0.25) is 0 Å². The molecule has 1 aliphatic rings. The van der Waals surface area contributed by atoms with Crippen LogP contribution in [0.2, 0.25) is 0 Å². The minimum atomic E-state index is -3.72. The maximum absolute atomic E-state index is 12.6. The van der Waals surface area contributed by atoms with Crippen molar-refractivity contribution >= 4 is 25.6 Å². The predicted molar refractivity (Wildman–Crippen MR) is 149 cm³/mol. The summed E-state index contributed by atoms with van der Waals surface area (Å²) in [6.07, 6.45) is 4.86. The van der Waals surface area contributed by atoms with Gasteiger partial charge in [0.1, 0.15) is 30.0 Å². The van der Waals surface area contributed by atoms with Crippen LogP contribution in [0.3, 0.4) is 0 Å². The molecule has 1 aliphatic heterocycles. The fourth-order valence-corrected chi connectivity index (χ4v) is 4.81. The lowest BCUT2D eigenvalue weighted by molar-refractivity contribution is 0.0946. The Morgan fingerprint density at radius 2 is 1.77 bits per heavy atom. The van der Waals surface area contributed by atoms with Crippen LogP contribution in [0, 0.1) is 5.41 Å². The first-order valence-corrected chi connectivity index (χ1v) is 14.4. The molecule has 2 aromatic rings. The van der Waals surface area contributed by atoms with Gasteiger partial charge in [0.25, 0.3) is 5.91 Å². The average Bonchev–Trinajstić information content (AvgIpc) is 2.92. The molecule has 212 valence electrons. The van der Waals surface area contributed by atoms with Gasteiger partial charge in [-0.2, -0.15) is 0 Å². The third-order valence-corrected chi connectivity index (χ3v) is 7.22. The molecule has 0 radical (unpaired) electrons. The molecule has 12 heteroatoms. The standard InChI is InChI=1S/C27H37N4O7P/c1-3-35-39(33,36-4-2)37-17-13-20-5-6-22(26(28)29)19-25(20)34-18-16-31-27(32)21-7-9-23(10-8-21)38-24-11-14-30-15-12-24/h5-10,13,17,19,24,30H,3-4,11-12,14-16,18H2,1-2H3,(H3,28,29)(H,31,32)/b17-13+. The van der Waals surface area contributed by atoms with E-state index in [4.69, 9.17) is 34.2 Å². The normalized spacial score (nSPS) is 14.2. The maximum Gasteiger partial charge on any atom is 0.529 e. The third kappa shape index (κ3) is 9.71. The number of phosphoric ester groups is 1. The van der Waals surface area contributed by atoms with Gasteiger partial charge in [-0.1, -0.05) is 12.1 Å². The molecule has 0 aromatic heterocycles. The van der Waals surface area contributed by atoms with Crippen LogP contribution in [-0.4, -0.2) is 57.3 Å². The highest BCUT2D eigenvalue weighted by Crippen LogP contribution is 2.49. The Morgan fingerprint density at radius 3 is 2.41 bits per heavy atom. The lowest BCUT2D eigenvalue weighted by Gasteiger charge is -2.23. The van der Waals surface area contributed by atoms with E-state index >= 15 is 0 Å². The number of nitrogen functional groups attached to an aromatic ring is 1. The minimum absolute atomic E-state index is 0.121. The van der Waals surface area contributed by atoms with Crippen LogP contribution < -0.4 is 25.8 Å². The molecule has 1 amide bonds. The fourth-order valence-electron chi connectivity index (χ4n) is 3.78. The van der Waals surface area contributed by atoms with E-state index in [-0.39, 0.29) is 44.2 Å². The second kappa shape index (κ2) is 15.3. The number of benzene rings is 2. The summed E-state index contributed by atoms with van der Waals surface area (Å²) in [6, 6.07) is 12.0. The summed E-state index contributed by atoms with van der Waals surface area (Å²) in [4.78, 5) is 12.6. The van der Waals surface area contributed by atoms with Crippen LogP contribution in [0.15, 0.2) is 48.7 Å². The van der Waals surface area contributed by atoms with Gasteiger partial charge in [-0.15, -0.1) is 0 Å². The number of piperidine rings is 1. The Bertz CT molecular complexity index is 1160. The molecule has 1 heterocycles. The molecule has 0 bridgehead atoms. The van der Waals surface area contributed by atoms with Gasteiger partial charge in [-0.05, 0) is 76.2 Å². The number of rotatable bonds is 15. The van der Waals surface area contributed by atoms with Gasteiger partial charge in [0, 0.05) is 16.7 Å². The van der Waals surface area contributed by atoms with E-state index < -0.39 is 7.82 Å². The summed E-state index contributed by atoms with van der Waals surface area (Å²) in [5.74, 6) is 0.791. The Morgan fingerprint density at radius 1 is 1.10 bits per heavy atom. The monoisotopic (exact) mass is 560 g/mol. The highest BCUT2D eigenvalue weighted by atomic mass is 31.2. The van der Waals surface area contributed by atoms with Gasteiger partial charge in [-0.3, -0.25) is 19.3 Å². The zero-order chi connectivity index (χ0) is 28.1. The van der Waals surface area contributed by atoms with E-state index in [1.807, 2.05) is 0 Å². The highest BCUT2D eigenvalue weighted by molar-refractivity contribution is 7.48. The van der Waals surface area contributed by atoms with Gasteiger partial charge < -0.3 is 30.4 Å². The van der Waals surface area contributed by atoms with Crippen molar-refractivity contribution in [3.8, 4) is 11.5 Å². The molecule has 11 nitrogen and oxygen atoms in total. The van der Waals surface area contributed by atoms with Crippen LogP contribution in [0.4, 0.5) is 0 Å². The van der Waals surface area contributed by atoms with E-state index in [0.717, 1.165) is 31.7 Å². The summed E-state index contributed by atoms with van der Waals surface area (Å²) in [7, 11) is -3.72. The van der Waals surface area contributed by atoms with E-state index in [0.29, 0.717) is 22.4 Å². The highest BCUT2D eigenvalue weighted by Gasteiger charge is 2.25. The Hall–Kier alpha value is -3.37. The minimum Gasteiger partial charge on any atom is -0.491 e. The van der Waals surface area contributed by atoms with Crippen LogP contribution >= 0.6 is 7.82 Å². The van der Waals surface area contributed by atoms with Crippen LogP contribution in [0.1, 0.15) is 48.2 Å². The Labute approximate surface area is 229 Å². The maximum atomic E-state index is 12.6. The zero-order valence-corrected chi connectivity index (χ0v) is 23.2. The van der Waals surface area contributed by atoms with E-state index in [1.165, 1.54) is 12.3 Å². The van der Waals surface area contributed by atoms with E-state index in [1.54, 1.807) is 56.3 Å². The quantitative estimate of drug-likeness (QED) is 0.0829. The number of amidine groups is 1. The number of amides is 1. The van der Waals surface area contributed by atoms with Crippen molar-refractivity contribution in [1.29, 1.82) is 5.41 Å². The summed E-state index contributed by atoms with van der Waals surface area (Å²) >= 11 is 0. The summed E-state index contributed by atoms with van der Waals surface area (Å²) in [6.45, 7) is 5.97. The number of hydrogen-bond acceptors (Lipinski definition) is 9. The SMILES string of the molecule is CCOP(=O)(O/C=C/c1ccc(C(=N)N)cc1OCCNC(=O)c1ccc(OC2CCNCC2)cc1)OCC. The number of carbonyl (C=O) groups is 1. The van der Waals surface area contributed by atoms with Crippen molar-refractivity contribution in [2.24, 2.45) is 5.73 Å². The molecule has 0 saturated carbocycles. The summed E-state index contributed by atoms with van der Waals surface area (Å²) in [5.41, 5.74) is 7.18.